The minimum absolute atomic E-state index is 0.0370. The molecule has 1 aliphatic heterocycles. The number of ether oxygens (including phenoxy) is 1. The molecule has 0 saturated carbocycles. The molecular formula is C23H24ClN2O3+. The molecule has 2 heterocycles. The van der Waals surface area contributed by atoms with Crippen molar-refractivity contribution in [1.29, 1.82) is 0 Å². The molecule has 5 nitrogen and oxygen atoms in total. The molecule has 4 rings (SSSR count). The average Bonchev–Trinajstić information content (AvgIpc) is 3.28. The van der Waals surface area contributed by atoms with Crippen molar-refractivity contribution in [1.82, 2.24) is 5.32 Å². The van der Waals surface area contributed by atoms with E-state index in [1.807, 2.05) is 12.1 Å². The van der Waals surface area contributed by atoms with E-state index in [4.69, 9.17) is 20.8 Å². The number of quaternary nitrogens is 1. The molecule has 2 aromatic carbocycles. The van der Waals surface area contributed by atoms with Crippen LogP contribution in [0.4, 0.5) is 0 Å². The van der Waals surface area contributed by atoms with E-state index in [0.717, 1.165) is 25.3 Å². The Bertz CT molecular complexity index is 941. The molecule has 0 radical (unpaired) electrons. The van der Waals surface area contributed by atoms with Gasteiger partial charge in [-0.25, -0.2) is 0 Å². The maximum atomic E-state index is 12.3. The van der Waals surface area contributed by atoms with Crippen molar-refractivity contribution in [2.24, 2.45) is 0 Å². The predicted molar refractivity (Wildman–Crippen MR) is 111 cm³/mol. The van der Waals surface area contributed by atoms with Crippen molar-refractivity contribution in [3.05, 3.63) is 88.8 Å². The number of fused-ring (bicyclic) bond motifs is 1. The van der Waals surface area contributed by atoms with Gasteiger partial charge in [0, 0.05) is 17.0 Å². The number of nitrogens with one attached hydrogen (secondary N) is 2. The molecule has 1 unspecified atom stereocenters. The van der Waals surface area contributed by atoms with Gasteiger partial charge in [0.1, 0.15) is 12.3 Å². The number of benzene rings is 2. The predicted octanol–water partition coefficient (Wildman–Crippen LogP) is 2.81. The van der Waals surface area contributed by atoms with E-state index in [-0.39, 0.29) is 18.6 Å². The molecular weight excluding hydrogens is 388 g/mol. The van der Waals surface area contributed by atoms with Crippen LogP contribution in [0.3, 0.4) is 0 Å². The minimum Gasteiger partial charge on any atom is -0.484 e. The van der Waals surface area contributed by atoms with Gasteiger partial charge < -0.3 is 19.4 Å². The number of hydrogen-bond donors (Lipinski definition) is 2. The molecule has 2 atom stereocenters. The lowest BCUT2D eigenvalue weighted by Crippen LogP contribution is -3.12. The molecule has 0 aliphatic carbocycles. The molecule has 1 amide bonds. The smallest absolute Gasteiger partial charge is 0.258 e. The molecule has 29 heavy (non-hydrogen) atoms. The van der Waals surface area contributed by atoms with Crippen LogP contribution in [0.1, 0.15) is 22.9 Å². The molecule has 0 saturated heterocycles. The van der Waals surface area contributed by atoms with Gasteiger partial charge in [0.05, 0.1) is 19.4 Å². The lowest BCUT2D eigenvalue weighted by Gasteiger charge is -2.31. The monoisotopic (exact) mass is 411 g/mol. The molecule has 1 aliphatic rings. The third kappa shape index (κ3) is 5.00. The molecule has 0 fully saturated rings. The normalized spacial score (nSPS) is 16.7. The Morgan fingerprint density at radius 1 is 1.10 bits per heavy atom. The van der Waals surface area contributed by atoms with Crippen molar-refractivity contribution in [2.45, 2.75) is 19.0 Å². The maximum absolute atomic E-state index is 12.3. The van der Waals surface area contributed by atoms with Gasteiger partial charge in [-0.1, -0.05) is 35.9 Å². The van der Waals surface area contributed by atoms with E-state index < -0.39 is 0 Å². The van der Waals surface area contributed by atoms with Gasteiger partial charge in [-0.2, -0.15) is 0 Å². The van der Waals surface area contributed by atoms with E-state index >= 15 is 0 Å². The van der Waals surface area contributed by atoms with Crippen LogP contribution in [0, 0.1) is 0 Å². The Balaban J connectivity index is 1.37. The highest BCUT2D eigenvalue weighted by molar-refractivity contribution is 6.30. The Hall–Kier alpha value is -2.76. The minimum atomic E-state index is -0.159. The summed E-state index contributed by atoms with van der Waals surface area (Å²) in [5, 5.41) is 3.64. The van der Waals surface area contributed by atoms with E-state index in [9.17, 15) is 4.79 Å². The van der Waals surface area contributed by atoms with Crippen LogP contribution in [0.15, 0.2) is 71.3 Å². The quantitative estimate of drug-likeness (QED) is 0.628. The molecule has 0 spiro atoms. The van der Waals surface area contributed by atoms with Crippen LogP contribution in [-0.2, 0) is 17.8 Å². The van der Waals surface area contributed by atoms with Gasteiger partial charge in [-0.05, 0) is 42.0 Å². The second-order valence-electron chi connectivity index (χ2n) is 7.22. The summed E-state index contributed by atoms with van der Waals surface area (Å²) in [6.45, 7) is 2.37. The molecule has 150 valence electrons. The first-order chi connectivity index (χ1) is 14.2. The molecule has 6 heteroatoms. The van der Waals surface area contributed by atoms with E-state index in [1.165, 1.54) is 16.0 Å². The fraction of sp³-hybridized carbons (Fsp3) is 0.261. The number of hydrogen-bond acceptors (Lipinski definition) is 3. The van der Waals surface area contributed by atoms with Crippen LogP contribution in [0.5, 0.6) is 5.75 Å². The third-order valence-electron chi connectivity index (χ3n) is 5.32. The zero-order chi connectivity index (χ0) is 20.1. The number of amides is 1. The van der Waals surface area contributed by atoms with Crippen molar-refractivity contribution < 1.29 is 18.8 Å². The Morgan fingerprint density at radius 2 is 1.90 bits per heavy atom. The van der Waals surface area contributed by atoms with Crippen molar-refractivity contribution in [2.75, 3.05) is 19.7 Å². The summed E-state index contributed by atoms with van der Waals surface area (Å²) in [7, 11) is 0. The fourth-order valence-electron chi connectivity index (χ4n) is 3.78. The Morgan fingerprint density at radius 3 is 2.66 bits per heavy atom. The first-order valence-electron chi connectivity index (χ1n) is 9.79. The standard InChI is InChI=1S/C23H23ClN2O3/c24-19-7-9-20(10-8-19)29-16-23(27)25-14-21(22-6-3-13-28-22)26-12-11-17-4-1-2-5-18(17)15-26/h1-10,13,21H,11-12,14-16H2,(H,25,27)/p+1/t21-/m0/s1. The maximum Gasteiger partial charge on any atom is 0.258 e. The lowest BCUT2D eigenvalue weighted by atomic mass is 9.98. The van der Waals surface area contributed by atoms with Crippen LogP contribution >= 0.6 is 11.6 Å². The number of carbonyl (C=O) groups excluding carboxylic acids is 1. The second kappa shape index (κ2) is 9.16. The number of furan rings is 1. The van der Waals surface area contributed by atoms with Crippen molar-refractivity contribution in [3.8, 4) is 5.75 Å². The third-order valence-corrected chi connectivity index (χ3v) is 5.57. The van der Waals surface area contributed by atoms with Crippen LogP contribution in [0.25, 0.3) is 0 Å². The van der Waals surface area contributed by atoms with Crippen LogP contribution in [-0.4, -0.2) is 25.6 Å². The molecule has 0 bridgehead atoms. The number of carbonyl (C=O) groups is 1. The second-order valence-corrected chi connectivity index (χ2v) is 7.65. The first-order valence-corrected chi connectivity index (χ1v) is 10.2. The van der Waals surface area contributed by atoms with Crippen molar-refractivity contribution >= 4 is 17.5 Å². The van der Waals surface area contributed by atoms with E-state index in [2.05, 4.69) is 29.6 Å². The summed E-state index contributed by atoms with van der Waals surface area (Å²) in [5.74, 6) is 1.34. The van der Waals surface area contributed by atoms with Gasteiger partial charge in [-0.3, -0.25) is 4.79 Å². The molecule has 1 aromatic heterocycles. The van der Waals surface area contributed by atoms with E-state index in [0.29, 0.717) is 17.3 Å². The SMILES string of the molecule is O=C(COc1ccc(Cl)cc1)NC[C@@H](c1ccco1)[NH+]1CCc2ccccc2C1. The highest BCUT2D eigenvalue weighted by atomic mass is 35.5. The van der Waals surface area contributed by atoms with Gasteiger partial charge in [0.25, 0.3) is 5.91 Å². The average molecular weight is 412 g/mol. The van der Waals surface area contributed by atoms with Crippen LogP contribution in [0.2, 0.25) is 5.02 Å². The summed E-state index contributed by atoms with van der Waals surface area (Å²) in [6.07, 6.45) is 2.71. The Kier molecular flexibility index (Phi) is 6.17. The first kappa shape index (κ1) is 19.6. The zero-order valence-corrected chi connectivity index (χ0v) is 16.8. The summed E-state index contributed by atoms with van der Waals surface area (Å²) in [4.78, 5) is 13.7. The largest absolute Gasteiger partial charge is 0.484 e. The van der Waals surface area contributed by atoms with Gasteiger partial charge in [0.15, 0.2) is 18.4 Å². The summed E-state index contributed by atoms with van der Waals surface area (Å²) < 4.78 is 11.2. The summed E-state index contributed by atoms with van der Waals surface area (Å²) in [5.41, 5.74) is 2.78. The number of rotatable bonds is 7. The van der Waals surface area contributed by atoms with E-state index in [1.54, 1.807) is 30.5 Å². The summed E-state index contributed by atoms with van der Waals surface area (Å²) >= 11 is 5.87. The molecule has 3 aromatic rings. The zero-order valence-electron chi connectivity index (χ0n) is 16.1. The fourth-order valence-corrected chi connectivity index (χ4v) is 3.91. The highest BCUT2D eigenvalue weighted by Gasteiger charge is 2.30. The van der Waals surface area contributed by atoms with Gasteiger partial charge in [0.2, 0.25) is 0 Å². The highest BCUT2D eigenvalue weighted by Crippen LogP contribution is 2.16. The summed E-state index contributed by atoms with van der Waals surface area (Å²) in [6, 6.07) is 19.5. The topological polar surface area (TPSA) is 55.9 Å². The van der Waals surface area contributed by atoms with Gasteiger partial charge in [-0.15, -0.1) is 0 Å². The number of halogens is 1. The Labute approximate surface area is 175 Å². The van der Waals surface area contributed by atoms with Crippen LogP contribution < -0.4 is 15.0 Å². The lowest BCUT2D eigenvalue weighted by molar-refractivity contribution is -0.946. The van der Waals surface area contributed by atoms with Crippen molar-refractivity contribution in [3.63, 3.8) is 0 Å². The van der Waals surface area contributed by atoms with Gasteiger partial charge >= 0.3 is 0 Å². The molecule has 2 N–H and O–H groups in total.